The highest BCUT2D eigenvalue weighted by molar-refractivity contribution is 6.76. The lowest BCUT2D eigenvalue weighted by molar-refractivity contribution is 0.0899. The van der Waals surface area contributed by atoms with Gasteiger partial charge in [-0.3, -0.25) is 4.68 Å². The highest BCUT2D eigenvalue weighted by Gasteiger charge is 2.48. The van der Waals surface area contributed by atoms with Crippen molar-refractivity contribution in [3.05, 3.63) is 31.0 Å². The molecule has 2 unspecified atom stereocenters. The molecule has 8 nitrogen and oxygen atoms in total. The molecule has 1 aliphatic carbocycles. The zero-order valence-corrected chi connectivity index (χ0v) is 20.8. The van der Waals surface area contributed by atoms with Crippen LogP contribution in [-0.4, -0.2) is 52.1 Å². The van der Waals surface area contributed by atoms with Crippen LogP contribution in [0.4, 0.5) is 0 Å². The number of ether oxygens (including phenoxy) is 1. The first kappa shape index (κ1) is 22.3. The molecule has 3 aromatic rings. The Bertz CT molecular complexity index is 1160. The van der Waals surface area contributed by atoms with Gasteiger partial charge in [-0.05, 0) is 49.9 Å². The second kappa shape index (κ2) is 8.67. The van der Waals surface area contributed by atoms with Gasteiger partial charge in [0.25, 0.3) is 0 Å². The van der Waals surface area contributed by atoms with E-state index in [1.165, 1.54) is 0 Å². The van der Waals surface area contributed by atoms with E-state index in [0.717, 1.165) is 60.9 Å². The standard InChI is InChI=1S/C24H33N7OSi/c1-33(2,3)9-8-32-17-30-7-4-21-22(27-16-28-23(21)30)20-14-29-31(15-20)24(5-6-25)10-18-12-26-13-19(18)11-24/h4,7,14-16,18-19,26H,5,8-13,17H2,1-3H3. The number of nitrogens with one attached hydrogen (secondary N) is 1. The molecule has 0 bridgehead atoms. The predicted octanol–water partition coefficient (Wildman–Crippen LogP) is 3.85. The number of fused-ring (bicyclic) bond motifs is 2. The molecule has 1 saturated carbocycles. The molecule has 0 aromatic carbocycles. The van der Waals surface area contributed by atoms with Crippen LogP contribution in [0.3, 0.4) is 0 Å². The first-order chi connectivity index (χ1) is 15.9. The van der Waals surface area contributed by atoms with Gasteiger partial charge >= 0.3 is 0 Å². The molecular weight excluding hydrogens is 430 g/mol. The van der Waals surface area contributed by atoms with Crippen LogP contribution in [0.5, 0.6) is 0 Å². The van der Waals surface area contributed by atoms with Gasteiger partial charge in [0, 0.05) is 38.0 Å². The monoisotopic (exact) mass is 463 g/mol. The summed E-state index contributed by atoms with van der Waals surface area (Å²) >= 11 is 0. The third-order valence-electron chi connectivity index (χ3n) is 7.30. The van der Waals surface area contributed by atoms with Crippen molar-refractivity contribution < 1.29 is 4.74 Å². The molecule has 5 rings (SSSR count). The topological polar surface area (TPSA) is 93.6 Å². The van der Waals surface area contributed by atoms with Crippen molar-refractivity contribution in [3.63, 3.8) is 0 Å². The fourth-order valence-electron chi connectivity index (χ4n) is 5.47. The Morgan fingerprint density at radius 2 is 2.03 bits per heavy atom. The largest absolute Gasteiger partial charge is 0.361 e. The number of nitriles is 1. The summed E-state index contributed by atoms with van der Waals surface area (Å²) in [6.45, 7) is 10.4. The molecule has 2 atom stereocenters. The highest BCUT2D eigenvalue weighted by Crippen LogP contribution is 2.47. The van der Waals surface area contributed by atoms with Crippen LogP contribution in [0.15, 0.2) is 31.0 Å². The summed E-state index contributed by atoms with van der Waals surface area (Å²) in [5.74, 6) is 1.26. The fraction of sp³-hybridized carbons (Fsp3) is 0.583. The molecule has 4 heterocycles. The molecule has 0 spiro atoms. The van der Waals surface area contributed by atoms with Gasteiger partial charge in [-0.1, -0.05) is 19.6 Å². The Morgan fingerprint density at radius 1 is 1.24 bits per heavy atom. The van der Waals surface area contributed by atoms with Gasteiger partial charge in [0.2, 0.25) is 0 Å². The fourth-order valence-corrected chi connectivity index (χ4v) is 6.22. The molecule has 9 heteroatoms. The summed E-state index contributed by atoms with van der Waals surface area (Å²) in [6, 6.07) is 5.63. The number of rotatable bonds is 8. The van der Waals surface area contributed by atoms with E-state index in [9.17, 15) is 5.26 Å². The summed E-state index contributed by atoms with van der Waals surface area (Å²) in [4.78, 5) is 9.12. The van der Waals surface area contributed by atoms with Crippen LogP contribution >= 0.6 is 0 Å². The van der Waals surface area contributed by atoms with Crippen molar-refractivity contribution in [1.82, 2.24) is 29.6 Å². The van der Waals surface area contributed by atoms with Gasteiger partial charge in [0.05, 0.1) is 29.9 Å². The Labute approximate surface area is 196 Å². The van der Waals surface area contributed by atoms with E-state index in [0.29, 0.717) is 25.0 Å². The Kier molecular flexibility index (Phi) is 5.85. The van der Waals surface area contributed by atoms with E-state index in [4.69, 9.17) is 9.84 Å². The van der Waals surface area contributed by atoms with Crippen LogP contribution in [0.1, 0.15) is 19.3 Å². The third kappa shape index (κ3) is 4.35. The third-order valence-corrected chi connectivity index (χ3v) is 9.00. The van der Waals surface area contributed by atoms with E-state index in [2.05, 4.69) is 53.3 Å². The van der Waals surface area contributed by atoms with Crippen LogP contribution < -0.4 is 5.32 Å². The molecule has 1 saturated heterocycles. The van der Waals surface area contributed by atoms with Crippen LogP contribution in [0.2, 0.25) is 25.7 Å². The maximum Gasteiger partial charge on any atom is 0.145 e. The van der Waals surface area contributed by atoms with E-state index in [1.807, 2.05) is 21.6 Å². The normalized spacial score (nSPS) is 24.9. The first-order valence-electron chi connectivity index (χ1n) is 11.9. The number of nitrogens with zero attached hydrogens (tertiary/aromatic N) is 6. The predicted molar refractivity (Wildman–Crippen MR) is 130 cm³/mol. The van der Waals surface area contributed by atoms with Crippen molar-refractivity contribution in [3.8, 4) is 17.3 Å². The second-order valence-corrected chi connectivity index (χ2v) is 16.5. The molecule has 1 N–H and O–H groups in total. The lowest BCUT2D eigenvalue weighted by Crippen LogP contribution is -2.33. The maximum absolute atomic E-state index is 9.58. The highest BCUT2D eigenvalue weighted by atomic mass is 28.3. The lowest BCUT2D eigenvalue weighted by Gasteiger charge is -2.28. The van der Waals surface area contributed by atoms with Gasteiger partial charge in [-0.15, -0.1) is 0 Å². The van der Waals surface area contributed by atoms with Crippen molar-refractivity contribution in [2.24, 2.45) is 11.8 Å². The van der Waals surface area contributed by atoms with Crippen LogP contribution in [0, 0.1) is 23.2 Å². The van der Waals surface area contributed by atoms with Crippen molar-refractivity contribution in [1.29, 1.82) is 5.26 Å². The van der Waals surface area contributed by atoms with E-state index in [1.54, 1.807) is 6.33 Å². The minimum absolute atomic E-state index is 0.216. The van der Waals surface area contributed by atoms with E-state index < -0.39 is 8.07 Å². The van der Waals surface area contributed by atoms with Crippen molar-refractivity contribution >= 4 is 19.1 Å². The molecule has 2 fully saturated rings. The van der Waals surface area contributed by atoms with Crippen molar-refractivity contribution in [2.45, 2.75) is 57.2 Å². The molecule has 1 aliphatic heterocycles. The smallest absolute Gasteiger partial charge is 0.145 e. The number of aromatic nitrogens is 5. The molecular formula is C24H33N7OSi. The average molecular weight is 464 g/mol. The second-order valence-electron chi connectivity index (χ2n) is 10.9. The Morgan fingerprint density at radius 3 is 2.76 bits per heavy atom. The number of hydrogen-bond acceptors (Lipinski definition) is 6. The SMILES string of the molecule is C[Si](C)(C)CCOCn1ccc2c(-c3cnn(C4(CC#N)CC5CNCC5C4)c3)ncnc21. The minimum Gasteiger partial charge on any atom is -0.361 e. The van der Waals surface area contributed by atoms with E-state index in [-0.39, 0.29) is 5.54 Å². The molecule has 0 radical (unpaired) electrons. The Balaban J connectivity index is 1.38. The van der Waals surface area contributed by atoms with Crippen LogP contribution in [-0.2, 0) is 17.0 Å². The molecule has 3 aromatic heterocycles. The van der Waals surface area contributed by atoms with Crippen LogP contribution in [0.25, 0.3) is 22.3 Å². The summed E-state index contributed by atoms with van der Waals surface area (Å²) in [5.41, 5.74) is 2.49. The van der Waals surface area contributed by atoms with Gasteiger partial charge < -0.3 is 14.6 Å². The molecule has 2 aliphatic rings. The van der Waals surface area contributed by atoms with Gasteiger partial charge in [0.15, 0.2) is 0 Å². The quantitative estimate of drug-likeness (QED) is 0.403. The summed E-state index contributed by atoms with van der Waals surface area (Å²) in [6.07, 6.45) is 10.1. The van der Waals surface area contributed by atoms with Gasteiger partial charge in [-0.2, -0.15) is 10.4 Å². The molecule has 174 valence electrons. The molecule has 0 amide bonds. The first-order valence-corrected chi connectivity index (χ1v) is 15.6. The zero-order valence-electron chi connectivity index (χ0n) is 19.8. The lowest BCUT2D eigenvalue weighted by atomic mass is 9.92. The molecule has 33 heavy (non-hydrogen) atoms. The average Bonchev–Trinajstić information content (AvgIpc) is 3.53. The summed E-state index contributed by atoms with van der Waals surface area (Å²) in [5, 5.41) is 18.8. The Hall–Kier alpha value is -2.54. The summed E-state index contributed by atoms with van der Waals surface area (Å²) < 4.78 is 10.0. The van der Waals surface area contributed by atoms with Gasteiger partial charge in [0.1, 0.15) is 18.7 Å². The maximum atomic E-state index is 9.58. The minimum atomic E-state index is -1.11. The summed E-state index contributed by atoms with van der Waals surface area (Å²) in [7, 11) is -1.11. The zero-order chi connectivity index (χ0) is 23.1. The number of hydrogen-bond donors (Lipinski definition) is 1. The van der Waals surface area contributed by atoms with Gasteiger partial charge in [-0.25, -0.2) is 9.97 Å². The van der Waals surface area contributed by atoms with Crippen molar-refractivity contribution in [2.75, 3.05) is 19.7 Å². The van der Waals surface area contributed by atoms with E-state index >= 15 is 0 Å².